The van der Waals surface area contributed by atoms with Crippen LogP contribution < -0.4 is 5.73 Å². The molecule has 2 rings (SSSR count). The number of piperidine rings is 1. The third-order valence-electron chi connectivity index (χ3n) is 3.16. The monoisotopic (exact) mass is 226 g/mol. The van der Waals surface area contributed by atoms with Crippen LogP contribution in [0, 0.1) is 0 Å². The summed E-state index contributed by atoms with van der Waals surface area (Å²) in [6.45, 7) is 4.31. The van der Waals surface area contributed by atoms with Crippen molar-refractivity contribution in [2.24, 2.45) is 0 Å². The van der Waals surface area contributed by atoms with E-state index in [0.29, 0.717) is 6.04 Å². The third-order valence-corrected chi connectivity index (χ3v) is 3.75. The van der Waals surface area contributed by atoms with Gasteiger partial charge >= 0.3 is 0 Å². The van der Waals surface area contributed by atoms with Crippen molar-refractivity contribution >= 4 is 16.5 Å². The minimum atomic E-state index is 0.708. The molecule has 1 fully saturated rings. The maximum Gasteiger partial charge on any atom is 0.132 e. The molecule has 1 atom stereocenters. The van der Waals surface area contributed by atoms with Crippen molar-refractivity contribution < 1.29 is 0 Å². The fourth-order valence-corrected chi connectivity index (χ4v) is 2.69. The van der Waals surface area contributed by atoms with E-state index in [4.69, 9.17) is 5.73 Å². The van der Waals surface area contributed by atoms with E-state index in [9.17, 15) is 0 Å². The zero-order valence-electron chi connectivity index (χ0n) is 9.15. The molecule has 0 spiro atoms. The van der Waals surface area contributed by atoms with E-state index in [2.05, 4.69) is 21.4 Å². The second-order valence-corrected chi connectivity index (χ2v) is 4.90. The number of hydrogen-bond donors (Lipinski definition) is 1. The van der Waals surface area contributed by atoms with Gasteiger partial charge in [-0.3, -0.25) is 4.90 Å². The first-order valence-corrected chi connectivity index (χ1v) is 6.39. The fourth-order valence-electron chi connectivity index (χ4n) is 2.25. The molecular weight excluding hydrogens is 208 g/mol. The molecule has 1 aromatic heterocycles. The molecule has 1 aliphatic heterocycles. The summed E-state index contributed by atoms with van der Waals surface area (Å²) >= 11 is 1.29. The summed E-state index contributed by atoms with van der Waals surface area (Å²) in [5.41, 5.74) is 6.77. The Labute approximate surface area is 94.6 Å². The minimum absolute atomic E-state index is 0.708. The van der Waals surface area contributed by atoms with Gasteiger partial charge in [-0.25, -0.2) is 0 Å². The molecule has 0 saturated carbocycles. The maximum absolute atomic E-state index is 5.81. The Morgan fingerprint density at radius 2 is 2.40 bits per heavy atom. The summed E-state index contributed by atoms with van der Waals surface area (Å²) in [5, 5.41) is 4.85. The largest absolute Gasteiger partial charge is 0.388 e. The normalized spacial score (nSPS) is 23.1. The van der Waals surface area contributed by atoms with Gasteiger partial charge in [-0.2, -0.15) is 0 Å². The summed E-state index contributed by atoms with van der Waals surface area (Å²) in [6, 6.07) is 0.708. The highest BCUT2D eigenvalue weighted by Crippen LogP contribution is 2.23. The second-order valence-electron chi connectivity index (χ2n) is 4.11. The second kappa shape index (κ2) is 4.90. The van der Waals surface area contributed by atoms with Gasteiger partial charge in [-0.15, -0.1) is 5.10 Å². The van der Waals surface area contributed by atoms with Gasteiger partial charge in [-0.1, -0.05) is 17.8 Å². The van der Waals surface area contributed by atoms with Crippen LogP contribution in [-0.4, -0.2) is 27.1 Å². The number of nitrogen functional groups attached to an aromatic ring is 1. The van der Waals surface area contributed by atoms with Gasteiger partial charge in [0.2, 0.25) is 0 Å². The van der Waals surface area contributed by atoms with Crippen molar-refractivity contribution in [1.82, 2.24) is 14.5 Å². The highest BCUT2D eigenvalue weighted by atomic mass is 32.1. The molecule has 15 heavy (non-hydrogen) atoms. The zero-order chi connectivity index (χ0) is 10.7. The van der Waals surface area contributed by atoms with Crippen LogP contribution in [0.4, 0.5) is 5.00 Å². The first kappa shape index (κ1) is 10.8. The molecule has 0 radical (unpaired) electrons. The van der Waals surface area contributed by atoms with Crippen molar-refractivity contribution in [2.75, 3.05) is 12.3 Å². The fraction of sp³-hybridized carbons (Fsp3) is 0.800. The van der Waals surface area contributed by atoms with E-state index < -0.39 is 0 Å². The van der Waals surface area contributed by atoms with Crippen molar-refractivity contribution in [3.05, 3.63) is 5.69 Å². The molecule has 2 heterocycles. The molecule has 0 aliphatic carbocycles. The predicted octanol–water partition coefficient (Wildman–Crippen LogP) is 1.88. The van der Waals surface area contributed by atoms with Gasteiger partial charge < -0.3 is 5.73 Å². The number of rotatable bonds is 3. The van der Waals surface area contributed by atoms with E-state index in [1.807, 2.05) is 0 Å². The maximum atomic E-state index is 5.81. The molecule has 0 amide bonds. The van der Waals surface area contributed by atoms with Crippen LogP contribution in [0.5, 0.6) is 0 Å². The molecular formula is C10H18N4S. The van der Waals surface area contributed by atoms with Crippen LogP contribution in [0.1, 0.15) is 38.3 Å². The van der Waals surface area contributed by atoms with E-state index >= 15 is 0 Å². The van der Waals surface area contributed by atoms with E-state index in [1.165, 1.54) is 43.8 Å². The Bertz CT molecular complexity index is 312. The summed E-state index contributed by atoms with van der Waals surface area (Å²) in [6.07, 6.45) is 5.19. The van der Waals surface area contributed by atoms with Gasteiger partial charge in [0.15, 0.2) is 0 Å². The Morgan fingerprint density at radius 1 is 1.53 bits per heavy atom. The number of nitrogens with zero attached hydrogens (tertiary/aromatic N) is 3. The first-order valence-electron chi connectivity index (χ1n) is 5.62. The molecule has 1 unspecified atom stereocenters. The van der Waals surface area contributed by atoms with Gasteiger partial charge in [0.1, 0.15) is 10.7 Å². The topological polar surface area (TPSA) is 55.0 Å². The number of nitrogens with two attached hydrogens (primary N) is 1. The lowest BCUT2D eigenvalue weighted by Crippen LogP contribution is -2.38. The number of hydrogen-bond acceptors (Lipinski definition) is 5. The van der Waals surface area contributed by atoms with Gasteiger partial charge in [0.25, 0.3) is 0 Å². The number of aromatic nitrogens is 2. The standard InChI is InChI=1S/C10H18N4S/c1-2-8-5-3-4-6-14(8)7-9-10(11)15-13-12-9/h8H,2-7,11H2,1H3. The molecule has 4 nitrogen and oxygen atoms in total. The minimum Gasteiger partial charge on any atom is -0.388 e. The number of likely N-dealkylation sites (tertiary alicyclic amines) is 1. The van der Waals surface area contributed by atoms with Crippen molar-refractivity contribution in [1.29, 1.82) is 0 Å². The average Bonchev–Trinajstić information content (AvgIpc) is 2.65. The highest BCUT2D eigenvalue weighted by molar-refractivity contribution is 7.09. The Hall–Kier alpha value is -0.680. The molecule has 0 bridgehead atoms. The molecule has 1 aliphatic rings. The first-order chi connectivity index (χ1) is 7.31. The Balaban J connectivity index is 2.00. The van der Waals surface area contributed by atoms with Crippen molar-refractivity contribution in [2.45, 2.75) is 45.2 Å². The molecule has 1 saturated heterocycles. The van der Waals surface area contributed by atoms with E-state index in [0.717, 1.165) is 17.2 Å². The van der Waals surface area contributed by atoms with Gasteiger partial charge in [-0.05, 0) is 25.8 Å². The lowest BCUT2D eigenvalue weighted by Gasteiger charge is -2.34. The summed E-state index contributed by atoms with van der Waals surface area (Å²) in [5.74, 6) is 0. The lowest BCUT2D eigenvalue weighted by molar-refractivity contribution is 0.135. The van der Waals surface area contributed by atoms with Crippen LogP contribution in [-0.2, 0) is 6.54 Å². The van der Waals surface area contributed by atoms with Crippen LogP contribution in [0.2, 0.25) is 0 Å². The lowest BCUT2D eigenvalue weighted by atomic mass is 10.00. The van der Waals surface area contributed by atoms with Crippen LogP contribution in [0.15, 0.2) is 0 Å². The van der Waals surface area contributed by atoms with E-state index in [-0.39, 0.29) is 0 Å². The molecule has 84 valence electrons. The zero-order valence-corrected chi connectivity index (χ0v) is 9.96. The van der Waals surface area contributed by atoms with Crippen molar-refractivity contribution in [3.63, 3.8) is 0 Å². The molecule has 0 aromatic carbocycles. The van der Waals surface area contributed by atoms with Gasteiger partial charge in [0, 0.05) is 24.1 Å². The predicted molar refractivity (Wildman–Crippen MR) is 62.7 cm³/mol. The molecule has 1 aromatic rings. The van der Waals surface area contributed by atoms with E-state index in [1.54, 1.807) is 0 Å². The SMILES string of the molecule is CCC1CCCCN1Cc1nnsc1N. The van der Waals surface area contributed by atoms with Crippen molar-refractivity contribution in [3.8, 4) is 0 Å². The average molecular weight is 226 g/mol. The molecule has 2 N–H and O–H groups in total. The number of anilines is 1. The quantitative estimate of drug-likeness (QED) is 0.855. The van der Waals surface area contributed by atoms with Crippen LogP contribution >= 0.6 is 11.5 Å². The van der Waals surface area contributed by atoms with Crippen LogP contribution in [0.3, 0.4) is 0 Å². The smallest absolute Gasteiger partial charge is 0.132 e. The summed E-state index contributed by atoms with van der Waals surface area (Å²) in [4.78, 5) is 2.50. The Kier molecular flexibility index (Phi) is 3.53. The van der Waals surface area contributed by atoms with Gasteiger partial charge in [0.05, 0.1) is 0 Å². The van der Waals surface area contributed by atoms with Crippen LogP contribution in [0.25, 0.3) is 0 Å². The Morgan fingerprint density at radius 3 is 3.07 bits per heavy atom. The molecule has 5 heteroatoms. The highest BCUT2D eigenvalue weighted by Gasteiger charge is 2.22. The summed E-state index contributed by atoms with van der Waals surface area (Å²) < 4.78 is 3.88. The summed E-state index contributed by atoms with van der Waals surface area (Å²) in [7, 11) is 0. The third kappa shape index (κ3) is 2.46.